The Morgan fingerprint density at radius 1 is 1.24 bits per heavy atom. The number of fused-ring (bicyclic) bond motifs is 1. The molecule has 2 aromatic rings. The van der Waals surface area contributed by atoms with E-state index in [4.69, 9.17) is 4.55 Å². The predicted molar refractivity (Wildman–Crippen MR) is 78.0 cm³/mol. The van der Waals surface area contributed by atoms with Crippen LogP contribution in [0.2, 0.25) is 0 Å². The van der Waals surface area contributed by atoms with Gasteiger partial charge in [-0.15, -0.1) is 0 Å². The fraction of sp³-hybridized carbons (Fsp3) is 0.214. The van der Waals surface area contributed by atoms with Crippen LogP contribution in [0.1, 0.15) is 24.2 Å². The maximum atomic E-state index is 12.1. The summed E-state index contributed by atoms with van der Waals surface area (Å²) in [6, 6.07) is 6.71. The molecule has 1 amide bonds. The van der Waals surface area contributed by atoms with E-state index in [0.29, 0.717) is 5.39 Å². The number of amides is 1. The molecule has 112 valence electrons. The molecule has 2 rings (SSSR count). The number of phenols is 1. The van der Waals surface area contributed by atoms with E-state index in [-0.39, 0.29) is 28.6 Å². The van der Waals surface area contributed by atoms with Crippen molar-refractivity contribution in [3.63, 3.8) is 0 Å². The maximum Gasteiger partial charge on any atom is 0.294 e. The topological polar surface area (TPSA) is 104 Å². The second-order valence-electron chi connectivity index (χ2n) is 4.95. The first-order chi connectivity index (χ1) is 9.70. The molecule has 0 aromatic heterocycles. The van der Waals surface area contributed by atoms with Crippen molar-refractivity contribution < 1.29 is 22.9 Å². The van der Waals surface area contributed by atoms with E-state index in [9.17, 15) is 18.3 Å². The summed E-state index contributed by atoms with van der Waals surface area (Å²) in [5.41, 5.74) is 0.237. The Balaban J connectivity index is 2.69. The highest BCUT2D eigenvalue weighted by Gasteiger charge is 2.18. The summed E-state index contributed by atoms with van der Waals surface area (Å²) in [4.78, 5) is 11.7. The minimum Gasteiger partial charge on any atom is -0.507 e. The highest BCUT2D eigenvalue weighted by molar-refractivity contribution is 7.85. The van der Waals surface area contributed by atoms with E-state index in [1.165, 1.54) is 12.1 Å². The van der Waals surface area contributed by atoms with E-state index in [0.717, 1.165) is 6.07 Å². The molecule has 0 aliphatic heterocycles. The van der Waals surface area contributed by atoms with Crippen LogP contribution < -0.4 is 5.32 Å². The lowest BCUT2D eigenvalue weighted by molar-refractivity contribution is 0.0944. The molecule has 0 aliphatic rings. The number of rotatable bonds is 3. The molecule has 2 aromatic carbocycles. The molecule has 0 saturated heterocycles. The number of hydrogen-bond acceptors (Lipinski definition) is 4. The van der Waals surface area contributed by atoms with Crippen LogP contribution in [0.25, 0.3) is 10.8 Å². The average Bonchev–Trinajstić information content (AvgIpc) is 2.35. The zero-order valence-corrected chi connectivity index (χ0v) is 12.3. The molecule has 0 radical (unpaired) electrons. The first-order valence-electron chi connectivity index (χ1n) is 6.24. The fourth-order valence-electron chi connectivity index (χ4n) is 2.06. The molecule has 0 bridgehead atoms. The van der Waals surface area contributed by atoms with E-state index < -0.39 is 15.0 Å². The SMILES string of the molecule is CC(C)NC(=O)c1cccc2cc(S(=O)(=O)O)cc(O)c12. The molecule has 0 saturated carbocycles. The van der Waals surface area contributed by atoms with Crippen LogP contribution in [0, 0.1) is 0 Å². The quantitative estimate of drug-likeness (QED) is 0.752. The van der Waals surface area contributed by atoms with Gasteiger partial charge in [-0.25, -0.2) is 0 Å². The van der Waals surface area contributed by atoms with Crippen molar-refractivity contribution in [2.45, 2.75) is 24.8 Å². The van der Waals surface area contributed by atoms with Crippen LogP contribution >= 0.6 is 0 Å². The molecule has 3 N–H and O–H groups in total. The zero-order chi connectivity index (χ0) is 15.8. The van der Waals surface area contributed by atoms with Gasteiger partial charge in [0.1, 0.15) is 5.75 Å². The minimum absolute atomic E-state index is 0.0769. The Hall–Kier alpha value is -2.12. The van der Waals surface area contributed by atoms with Gasteiger partial charge < -0.3 is 10.4 Å². The van der Waals surface area contributed by atoms with Crippen molar-refractivity contribution in [1.29, 1.82) is 0 Å². The summed E-state index contributed by atoms with van der Waals surface area (Å²) in [6.07, 6.45) is 0. The third kappa shape index (κ3) is 3.14. The first-order valence-corrected chi connectivity index (χ1v) is 7.68. The molecule has 0 unspecified atom stereocenters. The summed E-state index contributed by atoms with van der Waals surface area (Å²) in [7, 11) is -4.43. The third-order valence-electron chi connectivity index (χ3n) is 2.89. The van der Waals surface area contributed by atoms with Gasteiger partial charge in [-0.2, -0.15) is 8.42 Å². The summed E-state index contributed by atoms with van der Waals surface area (Å²) >= 11 is 0. The molecule has 7 heteroatoms. The molecule has 0 fully saturated rings. The normalized spacial score (nSPS) is 11.8. The van der Waals surface area contributed by atoms with E-state index in [2.05, 4.69) is 5.32 Å². The summed E-state index contributed by atoms with van der Waals surface area (Å²) < 4.78 is 31.4. The number of hydrogen-bond donors (Lipinski definition) is 3. The van der Waals surface area contributed by atoms with Crippen LogP contribution in [-0.4, -0.2) is 30.0 Å². The van der Waals surface area contributed by atoms with E-state index in [1.807, 2.05) is 0 Å². The number of phenolic OH excluding ortho intramolecular Hbond substituents is 1. The molecule has 0 heterocycles. The van der Waals surface area contributed by atoms with Crippen LogP contribution in [0.3, 0.4) is 0 Å². The summed E-state index contributed by atoms with van der Waals surface area (Å²) in [6.45, 7) is 3.61. The van der Waals surface area contributed by atoms with Crippen molar-refractivity contribution >= 4 is 26.8 Å². The Kier molecular flexibility index (Phi) is 3.89. The van der Waals surface area contributed by atoms with Crippen LogP contribution in [-0.2, 0) is 10.1 Å². The van der Waals surface area contributed by atoms with Crippen molar-refractivity contribution in [1.82, 2.24) is 5.32 Å². The van der Waals surface area contributed by atoms with E-state index in [1.54, 1.807) is 26.0 Å². The average molecular weight is 309 g/mol. The number of carbonyl (C=O) groups excluding carboxylic acids is 1. The summed E-state index contributed by atoms with van der Waals surface area (Å²) in [5, 5.41) is 13.3. The van der Waals surface area contributed by atoms with Gasteiger partial charge in [-0.1, -0.05) is 12.1 Å². The van der Waals surface area contributed by atoms with Crippen LogP contribution in [0.4, 0.5) is 0 Å². The molecular formula is C14H15NO5S. The number of benzene rings is 2. The Morgan fingerprint density at radius 3 is 2.48 bits per heavy atom. The van der Waals surface area contributed by atoms with Crippen LogP contribution in [0.5, 0.6) is 5.75 Å². The van der Waals surface area contributed by atoms with Crippen molar-refractivity contribution in [2.24, 2.45) is 0 Å². The van der Waals surface area contributed by atoms with Crippen molar-refractivity contribution in [3.8, 4) is 5.75 Å². The number of nitrogens with one attached hydrogen (secondary N) is 1. The fourth-order valence-corrected chi connectivity index (χ4v) is 2.59. The third-order valence-corrected chi connectivity index (χ3v) is 3.72. The molecule has 6 nitrogen and oxygen atoms in total. The lowest BCUT2D eigenvalue weighted by Gasteiger charge is -2.12. The molecule has 0 atom stereocenters. The number of aromatic hydroxyl groups is 1. The van der Waals surface area contributed by atoms with Crippen molar-refractivity contribution in [3.05, 3.63) is 35.9 Å². The highest BCUT2D eigenvalue weighted by atomic mass is 32.2. The zero-order valence-electron chi connectivity index (χ0n) is 11.5. The maximum absolute atomic E-state index is 12.1. The lowest BCUT2D eigenvalue weighted by atomic mass is 10.0. The standard InChI is InChI=1S/C14H15NO5S/c1-8(2)15-14(17)11-5-3-4-9-6-10(21(18,19)20)7-12(16)13(9)11/h3-8,16H,1-2H3,(H,15,17)(H,18,19,20). The second kappa shape index (κ2) is 5.34. The van der Waals surface area contributed by atoms with Gasteiger partial charge in [0.15, 0.2) is 0 Å². The van der Waals surface area contributed by atoms with Crippen LogP contribution in [0.15, 0.2) is 35.2 Å². The predicted octanol–water partition coefficient (Wildman–Crippen LogP) is 1.93. The molecule has 0 spiro atoms. The summed E-state index contributed by atoms with van der Waals surface area (Å²) in [5.74, 6) is -0.750. The van der Waals surface area contributed by atoms with Gasteiger partial charge in [0.25, 0.3) is 16.0 Å². The molecule has 21 heavy (non-hydrogen) atoms. The smallest absolute Gasteiger partial charge is 0.294 e. The van der Waals surface area contributed by atoms with E-state index >= 15 is 0 Å². The van der Waals surface area contributed by atoms with Gasteiger partial charge in [0.05, 0.1) is 10.5 Å². The van der Waals surface area contributed by atoms with Gasteiger partial charge in [0.2, 0.25) is 0 Å². The lowest BCUT2D eigenvalue weighted by Crippen LogP contribution is -2.30. The van der Waals surface area contributed by atoms with Gasteiger partial charge in [-0.05, 0) is 31.4 Å². The Labute approximate surface area is 122 Å². The van der Waals surface area contributed by atoms with Crippen molar-refractivity contribution in [2.75, 3.05) is 0 Å². The van der Waals surface area contributed by atoms with Gasteiger partial charge >= 0.3 is 0 Å². The largest absolute Gasteiger partial charge is 0.507 e. The minimum atomic E-state index is -4.43. The highest BCUT2D eigenvalue weighted by Crippen LogP contribution is 2.31. The Bertz CT molecular complexity index is 811. The molecule has 0 aliphatic carbocycles. The monoisotopic (exact) mass is 309 g/mol. The second-order valence-corrected chi connectivity index (χ2v) is 6.37. The Morgan fingerprint density at radius 2 is 1.90 bits per heavy atom. The van der Waals surface area contributed by atoms with Gasteiger partial charge in [-0.3, -0.25) is 9.35 Å². The van der Waals surface area contributed by atoms with Gasteiger partial charge in [0, 0.05) is 17.5 Å². The first kappa shape index (κ1) is 15.3. The molecular weight excluding hydrogens is 294 g/mol. The number of carbonyl (C=O) groups is 1.